The molecule has 0 N–H and O–H groups in total. The minimum atomic E-state index is 0.756. The molecule has 0 aromatic heterocycles. The fraction of sp³-hybridized carbons (Fsp3) is 0.600. The molecule has 0 fully saturated rings. The topological polar surface area (TPSA) is 0 Å². The molecule has 1 heteroatoms. The lowest BCUT2D eigenvalue weighted by Gasteiger charge is -2.05. The summed E-state index contributed by atoms with van der Waals surface area (Å²) in [6.45, 7) is 2.29. The first kappa shape index (κ1) is 8.92. The molecule has 1 atom stereocenters. The first-order chi connectivity index (χ1) is 5.39. The summed E-state index contributed by atoms with van der Waals surface area (Å²) in [5.74, 6) is 3.32. The third-order valence-electron chi connectivity index (χ3n) is 1.71. The van der Waals surface area contributed by atoms with Gasteiger partial charge in [-0.2, -0.15) is 11.8 Å². The number of rotatable bonds is 0. The van der Waals surface area contributed by atoms with Crippen molar-refractivity contribution in [3.63, 3.8) is 0 Å². The second-order valence-electron chi connectivity index (χ2n) is 2.98. The van der Waals surface area contributed by atoms with Crippen LogP contribution in [0.2, 0.25) is 0 Å². The van der Waals surface area contributed by atoms with Crippen LogP contribution < -0.4 is 0 Å². The lowest BCUT2D eigenvalue weighted by Crippen LogP contribution is -1.94. The summed E-state index contributed by atoms with van der Waals surface area (Å²) in [5, 5.41) is 0. The summed E-state index contributed by atoms with van der Waals surface area (Å²) >= 11 is 2.06. The van der Waals surface area contributed by atoms with Gasteiger partial charge in [0, 0.05) is 0 Å². The number of thioether (sulfide) groups is 1. The third-order valence-corrected chi connectivity index (χ3v) is 3.00. The van der Waals surface area contributed by atoms with Gasteiger partial charge in [-0.05, 0) is 30.3 Å². The highest BCUT2D eigenvalue weighted by Crippen LogP contribution is 2.12. The van der Waals surface area contributed by atoms with E-state index in [1.165, 1.54) is 17.9 Å². The van der Waals surface area contributed by atoms with E-state index >= 15 is 0 Å². The Morgan fingerprint density at radius 2 is 2.18 bits per heavy atom. The molecule has 11 heavy (non-hydrogen) atoms. The quantitative estimate of drug-likeness (QED) is 0.500. The molecule has 1 aliphatic rings. The predicted octanol–water partition coefficient (Wildman–Crippen LogP) is 3.26. The molecule has 0 aliphatic carbocycles. The molecule has 62 valence electrons. The summed E-state index contributed by atoms with van der Waals surface area (Å²) in [4.78, 5) is 0. The van der Waals surface area contributed by atoms with Gasteiger partial charge < -0.3 is 0 Å². The molecule has 0 radical (unpaired) electrons. The Balaban J connectivity index is 2.36. The van der Waals surface area contributed by atoms with E-state index in [4.69, 9.17) is 0 Å². The Morgan fingerprint density at radius 1 is 1.27 bits per heavy atom. The van der Waals surface area contributed by atoms with Gasteiger partial charge in [0.1, 0.15) is 0 Å². The summed E-state index contributed by atoms with van der Waals surface area (Å²) in [6.07, 6.45) is 11.5. The van der Waals surface area contributed by atoms with Crippen molar-refractivity contribution < 1.29 is 0 Å². The van der Waals surface area contributed by atoms with Crippen LogP contribution in [0.4, 0.5) is 0 Å². The molecule has 1 rings (SSSR count). The van der Waals surface area contributed by atoms with E-state index < -0.39 is 0 Å². The minimum absolute atomic E-state index is 0.756. The summed E-state index contributed by atoms with van der Waals surface area (Å²) in [6, 6.07) is 0. The fourth-order valence-corrected chi connectivity index (χ4v) is 2.03. The van der Waals surface area contributed by atoms with Gasteiger partial charge in [-0.1, -0.05) is 31.2 Å². The van der Waals surface area contributed by atoms with E-state index in [0.717, 1.165) is 12.3 Å². The van der Waals surface area contributed by atoms with Crippen molar-refractivity contribution >= 4 is 11.8 Å². The van der Waals surface area contributed by atoms with Crippen LogP contribution in [0.15, 0.2) is 24.3 Å². The van der Waals surface area contributed by atoms with Crippen LogP contribution in [0.1, 0.15) is 19.8 Å². The van der Waals surface area contributed by atoms with Crippen LogP contribution in [0.3, 0.4) is 0 Å². The molecule has 1 heterocycles. The largest absolute Gasteiger partial charge is 0.161 e. The van der Waals surface area contributed by atoms with Crippen molar-refractivity contribution in [2.24, 2.45) is 5.92 Å². The maximum Gasteiger partial charge on any atom is -0.000700 e. The van der Waals surface area contributed by atoms with E-state index in [0.29, 0.717) is 0 Å². The van der Waals surface area contributed by atoms with E-state index in [-0.39, 0.29) is 0 Å². The highest BCUT2D eigenvalue weighted by atomic mass is 32.2. The highest BCUT2D eigenvalue weighted by Gasteiger charge is 1.96. The molecule has 0 saturated carbocycles. The zero-order chi connectivity index (χ0) is 7.94. The van der Waals surface area contributed by atoms with Crippen molar-refractivity contribution in [2.45, 2.75) is 19.8 Å². The van der Waals surface area contributed by atoms with Crippen LogP contribution in [0.25, 0.3) is 0 Å². The van der Waals surface area contributed by atoms with Crippen molar-refractivity contribution in [1.82, 2.24) is 0 Å². The van der Waals surface area contributed by atoms with Gasteiger partial charge in [0.25, 0.3) is 0 Å². The molecule has 0 saturated heterocycles. The first-order valence-electron chi connectivity index (χ1n) is 4.29. The molecule has 0 nitrogen and oxygen atoms in total. The van der Waals surface area contributed by atoms with Crippen LogP contribution in [0.5, 0.6) is 0 Å². The van der Waals surface area contributed by atoms with Crippen LogP contribution >= 0.6 is 11.8 Å². The van der Waals surface area contributed by atoms with Crippen molar-refractivity contribution in [2.75, 3.05) is 11.5 Å². The fourth-order valence-electron chi connectivity index (χ4n) is 1.08. The van der Waals surface area contributed by atoms with Gasteiger partial charge in [-0.3, -0.25) is 0 Å². The SMILES string of the molecule is CC1/C=C/C/C=C/CCSC1. The normalized spacial score (nSPS) is 32.6. The molecule has 0 aromatic carbocycles. The van der Waals surface area contributed by atoms with Gasteiger partial charge in [0.05, 0.1) is 0 Å². The first-order valence-corrected chi connectivity index (χ1v) is 5.44. The van der Waals surface area contributed by atoms with Gasteiger partial charge in [0.2, 0.25) is 0 Å². The molecule has 1 aliphatic heterocycles. The van der Waals surface area contributed by atoms with Gasteiger partial charge >= 0.3 is 0 Å². The zero-order valence-corrected chi connectivity index (χ0v) is 7.94. The van der Waals surface area contributed by atoms with Crippen LogP contribution in [0, 0.1) is 5.92 Å². The Labute approximate surface area is 73.8 Å². The van der Waals surface area contributed by atoms with Gasteiger partial charge in [-0.25, -0.2) is 0 Å². The highest BCUT2D eigenvalue weighted by molar-refractivity contribution is 7.99. The lowest BCUT2D eigenvalue weighted by atomic mass is 10.2. The van der Waals surface area contributed by atoms with Gasteiger partial charge in [-0.15, -0.1) is 0 Å². The Morgan fingerprint density at radius 3 is 3.09 bits per heavy atom. The molecule has 0 amide bonds. The number of allylic oxidation sites excluding steroid dienone is 4. The van der Waals surface area contributed by atoms with E-state index in [9.17, 15) is 0 Å². The average molecular weight is 168 g/mol. The molecule has 0 bridgehead atoms. The van der Waals surface area contributed by atoms with Crippen LogP contribution in [-0.2, 0) is 0 Å². The molecular weight excluding hydrogens is 152 g/mol. The Hall–Kier alpha value is -0.170. The average Bonchev–Trinajstić information content (AvgIpc) is 2.03. The molecule has 1 unspecified atom stereocenters. The van der Waals surface area contributed by atoms with Crippen molar-refractivity contribution in [1.29, 1.82) is 0 Å². The Kier molecular flexibility index (Phi) is 4.44. The maximum absolute atomic E-state index is 2.32. The minimum Gasteiger partial charge on any atom is -0.161 e. The molecular formula is C10H16S. The zero-order valence-electron chi connectivity index (χ0n) is 7.12. The summed E-state index contributed by atoms with van der Waals surface area (Å²) in [7, 11) is 0. The monoisotopic (exact) mass is 168 g/mol. The van der Waals surface area contributed by atoms with E-state index in [1.807, 2.05) is 0 Å². The maximum atomic E-state index is 2.32. The standard InChI is InChI=1S/C10H16S/c1-10-7-5-3-2-4-6-8-11-9-10/h2,4-5,7,10H,3,6,8-9H2,1H3/b4-2+,7-5+. The van der Waals surface area contributed by atoms with Crippen molar-refractivity contribution in [3.05, 3.63) is 24.3 Å². The molecule has 0 aromatic rings. The van der Waals surface area contributed by atoms with E-state index in [1.54, 1.807) is 0 Å². The number of hydrogen-bond acceptors (Lipinski definition) is 1. The third kappa shape index (κ3) is 4.31. The smallest absolute Gasteiger partial charge is 0.000700 e. The summed E-state index contributed by atoms with van der Waals surface area (Å²) in [5.41, 5.74) is 0. The second kappa shape index (κ2) is 5.48. The summed E-state index contributed by atoms with van der Waals surface area (Å²) < 4.78 is 0. The second-order valence-corrected chi connectivity index (χ2v) is 4.13. The van der Waals surface area contributed by atoms with Crippen LogP contribution in [-0.4, -0.2) is 11.5 Å². The van der Waals surface area contributed by atoms with Crippen molar-refractivity contribution in [3.8, 4) is 0 Å². The molecule has 0 spiro atoms. The lowest BCUT2D eigenvalue weighted by molar-refractivity contribution is 0.841. The predicted molar refractivity (Wildman–Crippen MR) is 54.0 cm³/mol. The van der Waals surface area contributed by atoms with Gasteiger partial charge in [0.15, 0.2) is 0 Å². The van der Waals surface area contributed by atoms with E-state index in [2.05, 4.69) is 43.0 Å². The Bertz CT molecular complexity index is 147. The number of hydrogen-bond donors (Lipinski definition) is 0.